The lowest BCUT2D eigenvalue weighted by Gasteiger charge is -2.28. The first-order valence-electron chi connectivity index (χ1n) is 9.63. The second-order valence-corrected chi connectivity index (χ2v) is 7.15. The number of nitrogens with zero attached hydrogens (tertiary/aromatic N) is 3. The number of rotatable bonds is 5. The van der Waals surface area contributed by atoms with E-state index in [2.05, 4.69) is 0 Å². The molecule has 154 valence electrons. The van der Waals surface area contributed by atoms with Crippen LogP contribution in [0.3, 0.4) is 0 Å². The summed E-state index contributed by atoms with van der Waals surface area (Å²) < 4.78 is 5.11. The van der Waals surface area contributed by atoms with E-state index in [9.17, 15) is 24.5 Å². The van der Waals surface area contributed by atoms with Gasteiger partial charge in [0.05, 0.1) is 21.6 Å². The van der Waals surface area contributed by atoms with Gasteiger partial charge in [0.25, 0.3) is 17.5 Å². The van der Waals surface area contributed by atoms with E-state index in [1.54, 1.807) is 18.2 Å². The summed E-state index contributed by atoms with van der Waals surface area (Å²) in [7, 11) is 0. The highest BCUT2D eigenvalue weighted by molar-refractivity contribution is 6.21. The van der Waals surface area contributed by atoms with Crippen molar-refractivity contribution >= 4 is 29.2 Å². The van der Waals surface area contributed by atoms with Crippen LogP contribution in [0.25, 0.3) is 0 Å². The number of amides is 2. The molecule has 9 heteroatoms. The molecular weight excluding hydrogens is 390 g/mol. The molecule has 2 amide bonds. The smallest absolute Gasteiger partial charge is 0.340 e. The molecule has 0 bridgehead atoms. The van der Waals surface area contributed by atoms with Gasteiger partial charge < -0.3 is 9.64 Å². The van der Waals surface area contributed by atoms with Crippen LogP contribution in [-0.2, 0) is 4.74 Å². The van der Waals surface area contributed by atoms with Crippen molar-refractivity contribution in [1.82, 2.24) is 4.90 Å². The fourth-order valence-corrected chi connectivity index (χ4v) is 3.76. The molecule has 1 fully saturated rings. The lowest BCUT2D eigenvalue weighted by atomic mass is 10.1. The molecule has 2 aromatic rings. The Hall–Kier alpha value is -3.75. The van der Waals surface area contributed by atoms with Crippen molar-refractivity contribution < 1.29 is 24.0 Å². The van der Waals surface area contributed by atoms with Gasteiger partial charge >= 0.3 is 5.97 Å². The SMILES string of the molecule is O=C(OCN1C(=O)c2ccccc2C1=O)c1ccc(N2CCCCC2)c([N+](=O)[O-])c1. The van der Waals surface area contributed by atoms with Crippen molar-refractivity contribution in [3.05, 3.63) is 69.3 Å². The summed E-state index contributed by atoms with van der Waals surface area (Å²) in [6.07, 6.45) is 3.01. The average Bonchev–Trinajstić information content (AvgIpc) is 3.02. The zero-order valence-electron chi connectivity index (χ0n) is 16.1. The van der Waals surface area contributed by atoms with Gasteiger partial charge in [0.15, 0.2) is 6.73 Å². The molecule has 0 unspecified atom stereocenters. The van der Waals surface area contributed by atoms with E-state index < -0.39 is 29.4 Å². The molecule has 0 atom stereocenters. The van der Waals surface area contributed by atoms with Gasteiger partial charge in [-0.05, 0) is 43.5 Å². The molecule has 1 saturated heterocycles. The summed E-state index contributed by atoms with van der Waals surface area (Å²) in [6, 6.07) is 10.5. The predicted octanol–water partition coefficient (Wildman–Crippen LogP) is 3.00. The summed E-state index contributed by atoms with van der Waals surface area (Å²) in [6.45, 7) is 0.890. The zero-order chi connectivity index (χ0) is 21.3. The number of esters is 1. The van der Waals surface area contributed by atoms with Crippen molar-refractivity contribution in [2.45, 2.75) is 19.3 Å². The minimum atomic E-state index is -0.847. The number of imide groups is 1. The number of anilines is 1. The lowest BCUT2D eigenvalue weighted by Crippen LogP contribution is -2.33. The highest BCUT2D eigenvalue weighted by Gasteiger charge is 2.36. The minimum Gasteiger partial charge on any atom is -0.440 e. The molecule has 0 aliphatic carbocycles. The van der Waals surface area contributed by atoms with Crippen LogP contribution < -0.4 is 4.90 Å². The first-order chi connectivity index (χ1) is 14.5. The molecule has 2 heterocycles. The van der Waals surface area contributed by atoms with Crippen LogP contribution in [0, 0.1) is 10.1 Å². The van der Waals surface area contributed by atoms with Crippen molar-refractivity contribution in [3.8, 4) is 0 Å². The van der Waals surface area contributed by atoms with Crippen molar-refractivity contribution in [3.63, 3.8) is 0 Å². The normalized spacial score (nSPS) is 15.9. The maximum atomic E-state index is 12.4. The first-order valence-corrected chi connectivity index (χ1v) is 9.63. The molecule has 2 aliphatic heterocycles. The van der Waals surface area contributed by atoms with Gasteiger partial charge in [-0.15, -0.1) is 0 Å². The van der Waals surface area contributed by atoms with Crippen molar-refractivity contribution in [2.24, 2.45) is 0 Å². The Morgan fingerprint density at radius 1 is 1.00 bits per heavy atom. The van der Waals surface area contributed by atoms with Crippen LogP contribution in [0.5, 0.6) is 0 Å². The molecule has 2 aliphatic rings. The fraction of sp³-hybridized carbons (Fsp3) is 0.286. The number of carbonyl (C=O) groups excluding carboxylic acids is 3. The highest BCUT2D eigenvalue weighted by atomic mass is 16.6. The summed E-state index contributed by atoms with van der Waals surface area (Å²) in [5.41, 5.74) is 0.780. The molecular formula is C21H19N3O6. The van der Waals surface area contributed by atoms with Crippen LogP contribution in [0.4, 0.5) is 11.4 Å². The van der Waals surface area contributed by atoms with E-state index in [1.165, 1.54) is 24.3 Å². The Bertz CT molecular complexity index is 1010. The van der Waals surface area contributed by atoms with E-state index in [-0.39, 0.29) is 22.4 Å². The molecule has 9 nitrogen and oxygen atoms in total. The number of nitro benzene ring substituents is 1. The molecule has 30 heavy (non-hydrogen) atoms. The second-order valence-electron chi connectivity index (χ2n) is 7.15. The monoisotopic (exact) mass is 409 g/mol. The maximum Gasteiger partial charge on any atom is 0.340 e. The Morgan fingerprint density at radius 2 is 1.63 bits per heavy atom. The third-order valence-corrected chi connectivity index (χ3v) is 5.31. The molecule has 0 spiro atoms. The van der Waals surface area contributed by atoms with Crippen LogP contribution in [0.1, 0.15) is 50.3 Å². The number of ether oxygens (including phenoxy) is 1. The summed E-state index contributed by atoms with van der Waals surface area (Å²) >= 11 is 0. The van der Waals surface area contributed by atoms with E-state index in [0.717, 1.165) is 37.3 Å². The molecule has 0 saturated carbocycles. The highest BCUT2D eigenvalue weighted by Crippen LogP contribution is 2.31. The standard InChI is InChI=1S/C21H19N3O6/c25-19-15-6-2-3-7-16(15)20(26)23(19)13-30-21(27)14-8-9-17(18(12-14)24(28)29)22-10-4-1-5-11-22/h2-3,6-9,12H,1,4-5,10-11,13H2. The van der Waals surface area contributed by atoms with E-state index in [4.69, 9.17) is 4.74 Å². The number of fused-ring (bicyclic) bond motifs is 1. The summed E-state index contributed by atoms with van der Waals surface area (Å²) in [5, 5.41) is 11.5. The molecule has 2 aromatic carbocycles. The quantitative estimate of drug-likeness (QED) is 0.323. The number of carbonyl (C=O) groups is 3. The first kappa shape index (κ1) is 19.6. The third kappa shape index (κ3) is 3.49. The lowest BCUT2D eigenvalue weighted by molar-refractivity contribution is -0.384. The topological polar surface area (TPSA) is 110 Å². The Labute approximate surface area is 172 Å². The van der Waals surface area contributed by atoms with Gasteiger partial charge in [-0.3, -0.25) is 19.7 Å². The number of piperidine rings is 1. The third-order valence-electron chi connectivity index (χ3n) is 5.31. The molecule has 0 N–H and O–H groups in total. The van der Waals surface area contributed by atoms with Gasteiger partial charge in [-0.1, -0.05) is 12.1 Å². The molecule has 0 radical (unpaired) electrons. The van der Waals surface area contributed by atoms with Crippen molar-refractivity contribution in [1.29, 1.82) is 0 Å². The maximum absolute atomic E-state index is 12.4. The number of hydrogen-bond donors (Lipinski definition) is 0. The van der Waals surface area contributed by atoms with Crippen LogP contribution in [0.15, 0.2) is 42.5 Å². The van der Waals surface area contributed by atoms with E-state index in [0.29, 0.717) is 5.69 Å². The van der Waals surface area contributed by atoms with Gasteiger partial charge in [-0.25, -0.2) is 9.69 Å². The van der Waals surface area contributed by atoms with Crippen LogP contribution in [0.2, 0.25) is 0 Å². The van der Waals surface area contributed by atoms with Crippen LogP contribution >= 0.6 is 0 Å². The fourth-order valence-electron chi connectivity index (χ4n) is 3.76. The number of hydrogen-bond acceptors (Lipinski definition) is 7. The van der Waals surface area contributed by atoms with Crippen LogP contribution in [-0.4, -0.2) is 47.4 Å². The Morgan fingerprint density at radius 3 is 2.23 bits per heavy atom. The Balaban J connectivity index is 1.49. The van der Waals surface area contributed by atoms with Gasteiger partial charge in [0.1, 0.15) is 5.69 Å². The predicted molar refractivity (Wildman–Crippen MR) is 106 cm³/mol. The largest absolute Gasteiger partial charge is 0.440 e. The van der Waals surface area contributed by atoms with Crippen molar-refractivity contribution in [2.75, 3.05) is 24.7 Å². The summed E-state index contributed by atoms with van der Waals surface area (Å²) in [4.78, 5) is 50.9. The van der Waals surface area contributed by atoms with E-state index >= 15 is 0 Å². The average molecular weight is 409 g/mol. The minimum absolute atomic E-state index is 0.0148. The van der Waals surface area contributed by atoms with E-state index in [1.807, 2.05) is 4.90 Å². The molecule has 0 aromatic heterocycles. The number of nitro groups is 1. The zero-order valence-corrected chi connectivity index (χ0v) is 16.1. The summed E-state index contributed by atoms with van der Waals surface area (Å²) in [5.74, 6) is -1.94. The van der Waals surface area contributed by atoms with Gasteiger partial charge in [-0.2, -0.15) is 0 Å². The molecule has 4 rings (SSSR count). The number of benzene rings is 2. The van der Waals surface area contributed by atoms with Gasteiger partial charge in [0.2, 0.25) is 0 Å². The second kappa shape index (κ2) is 7.94. The van der Waals surface area contributed by atoms with Gasteiger partial charge in [0, 0.05) is 19.2 Å². The Kier molecular flexibility index (Phi) is 5.18.